The Labute approximate surface area is 109 Å². The van der Waals surface area contributed by atoms with E-state index < -0.39 is 0 Å². The molecule has 1 aromatic heterocycles. The Balaban J connectivity index is 2.13. The van der Waals surface area contributed by atoms with Crippen LogP contribution in [0.3, 0.4) is 0 Å². The molecule has 0 spiro atoms. The Kier molecular flexibility index (Phi) is 3.72. The summed E-state index contributed by atoms with van der Waals surface area (Å²) in [6.45, 7) is 2.45. The molecule has 0 atom stereocenters. The van der Waals surface area contributed by atoms with E-state index in [0.717, 1.165) is 22.7 Å². The predicted molar refractivity (Wildman–Crippen MR) is 70.7 cm³/mol. The normalized spacial score (nSPS) is 10.4. The van der Waals surface area contributed by atoms with Gasteiger partial charge in [0.15, 0.2) is 11.4 Å². The van der Waals surface area contributed by atoms with Crippen LogP contribution in [0.5, 0.6) is 0 Å². The fraction of sp³-hybridized carbons (Fsp3) is 0.231. The molecule has 0 saturated heterocycles. The van der Waals surface area contributed by atoms with Crippen molar-refractivity contribution in [3.05, 3.63) is 46.2 Å². The number of anilines is 1. The van der Waals surface area contributed by atoms with E-state index in [1.165, 1.54) is 23.5 Å². The smallest absolute Gasteiger partial charge is 0.186 e. The van der Waals surface area contributed by atoms with Gasteiger partial charge in [0.25, 0.3) is 0 Å². The first kappa shape index (κ1) is 12.7. The van der Waals surface area contributed by atoms with Gasteiger partial charge in [-0.25, -0.2) is 9.37 Å². The van der Waals surface area contributed by atoms with E-state index in [2.05, 4.69) is 4.98 Å². The molecule has 2 aromatic rings. The van der Waals surface area contributed by atoms with Gasteiger partial charge in [0.1, 0.15) is 5.82 Å². The van der Waals surface area contributed by atoms with Crippen LogP contribution < -0.4 is 4.90 Å². The van der Waals surface area contributed by atoms with Crippen LogP contribution in [-0.4, -0.2) is 18.3 Å². The number of carbonyl (C=O) groups is 1. The number of nitrogens with zero attached hydrogens (tertiary/aromatic N) is 2. The maximum Gasteiger partial charge on any atom is 0.186 e. The number of halogens is 1. The minimum atomic E-state index is -0.241. The highest BCUT2D eigenvalue weighted by molar-refractivity contribution is 7.17. The number of carbonyl (C=O) groups excluding carboxylic acids is 1. The lowest BCUT2D eigenvalue weighted by atomic mass is 10.2. The summed E-state index contributed by atoms with van der Waals surface area (Å²) in [5.74, 6) is -0.241. The van der Waals surface area contributed by atoms with Crippen molar-refractivity contribution in [2.45, 2.75) is 13.5 Å². The van der Waals surface area contributed by atoms with Crippen molar-refractivity contribution in [3.8, 4) is 0 Å². The van der Waals surface area contributed by atoms with Crippen LogP contribution in [-0.2, 0) is 6.54 Å². The molecular formula is C13H13FN2OS. The molecule has 0 N–H and O–H groups in total. The van der Waals surface area contributed by atoms with Crippen molar-refractivity contribution in [1.82, 2.24) is 4.98 Å². The second-order valence-electron chi connectivity index (χ2n) is 4.05. The highest BCUT2D eigenvalue weighted by Crippen LogP contribution is 2.24. The molecule has 0 fully saturated rings. The first-order chi connectivity index (χ1) is 8.60. The number of hydrogen-bond donors (Lipinski definition) is 0. The van der Waals surface area contributed by atoms with Gasteiger partial charge in [0, 0.05) is 13.6 Å². The monoisotopic (exact) mass is 264 g/mol. The first-order valence-corrected chi connectivity index (χ1v) is 6.30. The van der Waals surface area contributed by atoms with Crippen LogP contribution in [0, 0.1) is 12.7 Å². The molecule has 0 radical (unpaired) electrons. The molecule has 2 rings (SSSR count). The fourth-order valence-corrected chi connectivity index (χ4v) is 2.44. The van der Waals surface area contributed by atoms with E-state index in [1.807, 2.05) is 18.9 Å². The molecule has 0 saturated carbocycles. The maximum absolute atomic E-state index is 12.8. The Morgan fingerprint density at radius 1 is 1.39 bits per heavy atom. The second kappa shape index (κ2) is 5.27. The molecule has 0 aliphatic carbocycles. The lowest BCUT2D eigenvalue weighted by Gasteiger charge is -2.15. The largest absolute Gasteiger partial charge is 0.347 e. The zero-order chi connectivity index (χ0) is 13.1. The number of thiazole rings is 1. The highest BCUT2D eigenvalue weighted by atomic mass is 32.1. The lowest BCUT2D eigenvalue weighted by Crippen LogP contribution is -2.16. The highest BCUT2D eigenvalue weighted by Gasteiger charge is 2.10. The summed E-state index contributed by atoms with van der Waals surface area (Å²) >= 11 is 1.36. The van der Waals surface area contributed by atoms with Crippen LogP contribution >= 0.6 is 11.3 Å². The van der Waals surface area contributed by atoms with Gasteiger partial charge in [-0.05, 0) is 24.6 Å². The predicted octanol–water partition coefficient (Wildman–Crippen LogP) is 3.04. The molecule has 1 aromatic carbocycles. The maximum atomic E-state index is 12.8. The summed E-state index contributed by atoms with van der Waals surface area (Å²) in [6, 6.07) is 6.36. The van der Waals surface area contributed by atoms with Crippen molar-refractivity contribution in [1.29, 1.82) is 0 Å². The molecule has 3 nitrogen and oxygen atoms in total. The number of aromatic nitrogens is 1. The van der Waals surface area contributed by atoms with E-state index in [1.54, 1.807) is 12.1 Å². The molecule has 0 unspecified atom stereocenters. The minimum Gasteiger partial charge on any atom is -0.347 e. The van der Waals surface area contributed by atoms with Gasteiger partial charge in [-0.3, -0.25) is 4.79 Å². The third-order valence-electron chi connectivity index (χ3n) is 2.59. The van der Waals surface area contributed by atoms with Gasteiger partial charge in [-0.15, -0.1) is 0 Å². The number of rotatable bonds is 4. The van der Waals surface area contributed by atoms with Gasteiger partial charge >= 0.3 is 0 Å². The van der Waals surface area contributed by atoms with Gasteiger partial charge in [-0.1, -0.05) is 23.5 Å². The molecule has 1 heterocycles. The van der Waals surface area contributed by atoms with Crippen LogP contribution in [0.4, 0.5) is 9.52 Å². The van der Waals surface area contributed by atoms with Crippen LogP contribution in [0.1, 0.15) is 20.9 Å². The Bertz CT molecular complexity index is 551. The van der Waals surface area contributed by atoms with Crippen molar-refractivity contribution in [2.75, 3.05) is 11.9 Å². The Morgan fingerprint density at radius 2 is 2.06 bits per heavy atom. The quantitative estimate of drug-likeness (QED) is 0.796. The van der Waals surface area contributed by atoms with Crippen LogP contribution in [0.15, 0.2) is 24.3 Å². The molecule has 0 amide bonds. The number of aldehydes is 1. The number of aryl methyl sites for hydroxylation is 1. The summed E-state index contributed by atoms with van der Waals surface area (Å²) in [4.78, 5) is 17.7. The van der Waals surface area contributed by atoms with Gasteiger partial charge in [-0.2, -0.15) is 0 Å². The average molecular weight is 264 g/mol. The van der Waals surface area contributed by atoms with E-state index in [0.29, 0.717) is 11.4 Å². The van der Waals surface area contributed by atoms with Crippen molar-refractivity contribution >= 4 is 22.8 Å². The standard InChI is InChI=1S/C13H13FN2OS/c1-9-12(8-17)18-13(15-9)16(2)7-10-3-5-11(14)6-4-10/h3-6,8H,7H2,1-2H3. The minimum absolute atomic E-state index is 0.241. The van der Waals surface area contributed by atoms with Crippen LogP contribution in [0.25, 0.3) is 0 Å². The summed E-state index contributed by atoms with van der Waals surface area (Å²) < 4.78 is 12.8. The third-order valence-corrected chi connectivity index (χ3v) is 3.78. The molecule has 0 aliphatic rings. The zero-order valence-corrected chi connectivity index (χ0v) is 11.0. The van der Waals surface area contributed by atoms with Crippen molar-refractivity contribution in [2.24, 2.45) is 0 Å². The molecule has 18 heavy (non-hydrogen) atoms. The van der Waals surface area contributed by atoms with Crippen LogP contribution in [0.2, 0.25) is 0 Å². The average Bonchev–Trinajstić information content (AvgIpc) is 2.73. The number of benzene rings is 1. The molecular weight excluding hydrogens is 251 g/mol. The van der Waals surface area contributed by atoms with Gasteiger partial charge in [0.2, 0.25) is 0 Å². The van der Waals surface area contributed by atoms with E-state index in [-0.39, 0.29) is 5.82 Å². The third kappa shape index (κ3) is 2.73. The van der Waals surface area contributed by atoms with E-state index >= 15 is 0 Å². The topological polar surface area (TPSA) is 33.2 Å². The molecule has 0 bridgehead atoms. The van der Waals surface area contributed by atoms with Crippen molar-refractivity contribution < 1.29 is 9.18 Å². The SMILES string of the molecule is Cc1nc(N(C)Cc2ccc(F)cc2)sc1C=O. The van der Waals surface area contributed by atoms with E-state index in [9.17, 15) is 9.18 Å². The summed E-state index contributed by atoms with van der Waals surface area (Å²) in [7, 11) is 1.90. The zero-order valence-electron chi connectivity index (χ0n) is 10.2. The number of hydrogen-bond acceptors (Lipinski definition) is 4. The Morgan fingerprint density at radius 3 is 2.61 bits per heavy atom. The summed E-state index contributed by atoms with van der Waals surface area (Å²) in [6.07, 6.45) is 0.822. The lowest BCUT2D eigenvalue weighted by molar-refractivity contribution is 0.112. The first-order valence-electron chi connectivity index (χ1n) is 5.48. The summed E-state index contributed by atoms with van der Waals surface area (Å²) in [5, 5.41) is 0.791. The van der Waals surface area contributed by atoms with Gasteiger partial charge in [0.05, 0.1) is 10.6 Å². The summed E-state index contributed by atoms with van der Waals surface area (Å²) in [5.41, 5.74) is 1.75. The fourth-order valence-electron chi connectivity index (χ4n) is 1.60. The second-order valence-corrected chi connectivity index (χ2v) is 5.06. The Hall–Kier alpha value is -1.75. The van der Waals surface area contributed by atoms with Crippen molar-refractivity contribution in [3.63, 3.8) is 0 Å². The molecule has 5 heteroatoms. The molecule has 0 aliphatic heterocycles. The van der Waals surface area contributed by atoms with Gasteiger partial charge < -0.3 is 4.90 Å². The van der Waals surface area contributed by atoms with E-state index in [4.69, 9.17) is 0 Å². The molecule has 94 valence electrons.